The normalized spacial score (nSPS) is 12.6. The van der Waals surface area contributed by atoms with Gasteiger partial charge >= 0.3 is 12.1 Å². The number of guanidine groups is 2. The van der Waals surface area contributed by atoms with E-state index in [0.29, 0.717) is 0 Å². The second-order valence-corrected chi connectivity index (χ2v) is 9.87. The molecular weight excluding hydrogens is 454 g/mol. The van der Waals surface area contributed by atoms with E-state index in [1.165, 1.54) is 45.0 Å². The highest BCUT2D eigenvalue weighted by Crippen LogP contribution is 2.25. The van der Waals surface area contributed by atoms with Crippen LogP contribution in [0.1, 0.15) is 39.2 Å². The summed E-state index contributed by atoms with van der Waals surface area (Å²) in [5.74, 6) is -2.84. The average molecular weight is 486 g/mol. The molecule has 0 bridgehead atoms. The molecule has 0 aliphatic heterocycles. The van der Waals surface area contributed by atoms with Crippen molar-refractivity contribution in [2.45, 2.75) is 57.1 Å². The van der Waals surface area contributed by atoms with Gasteiger partial charge in [0.1, 0.15) is 11.6 Å². The number of carboxylic acids is 1. The van der Waals surface area contributed by atoms with Gasteiger partial charge in [-0.2, -0.15) is 5.01 Å². The van der Waals surface area contributed by atoms with E-state index in [0.717, 1.165) is 5.56 Å². The SMILES string of the molecule is Cc1ccc(S(=O)(=O)N([C@H](CCCN=C(N)N)C(=O)O)N(C(=N)N)C(=O)OC(C)(C)C)cc1. The monoisotopic (exact) mass is 485 g/mol. The quantitative estimate of drug-likeness (QED) is 0.142. The highest BCUT2D eigenvalue weighted by molar-refractivity contribution is 7.89. The molecule has 184 valence electrons. The maximum atomic E-state index is 13.5. The number of rotatable bonds is 9. The molecule has 1 aromatic carbocycles. The van der Waals surface area contributed by atoms with Crippen LogP contribution in [-0.4, -0.2) is 65.1 Å². The average Bonchev–Trinajstić information content (AvgIpc) is 2.64. The Kier molecular flexibility index (Phi) is 9.18. The zero-order valence-corrected chi connectivity index (χ0v) is 19.8. The summed E-state index contributed by atoms with van der Waals surface area (Å²) >= 11 is 0. The number of carboxylic acid groups (broad SMARTS) is 1. The number of hydrogen-bond donors (Lipinski definition) is 5. The lowest BCUT2D eigenvalue weighted by Gasteiger charge is -2.36. The largest absolute Gasteiger partial charge is 0.480 e. The lowest BCUT2D eigenvalue weighted by molar-refractivity contribution is -0.144. The van der Waals surface area contributed by atoms with Gasteiger partial charge in [0.25, 0.3) is 10.0 Å². The lowest BCUT2D eigenvalue weighted by atomic mass is 10.1. The third-order valence-electron chi connectivity index (χ3n) is 4.04. The first-order valence-electron chi connectivity index (χ1n) is 9.84. The Labute approximate surface area is 192 Å². The number of aliphatic imine (C=N–C) groups is 1. The van der Waals surface area contributed by atoms with Crippen molar-refractivity contribution < 1.29 is 27.9 Å². The van der Waals surface area contributed by atoms with Crippen LogP contribution in [0.4, 0.5) is 4.79 Å². The molecule has 1 aromatic rings. The Balaban J connectivity index is 3.63. The molecule has 1 rings (SSSR count). The molecule has 1 atom stereocenters. The fraction of sp³-hybridized carbons (Fsp3) is 0.474. The first-order chi connectivity index (χ1) is 15.1. The number of aliphatic carboxylic acids is 1. The van der Waals surface area contributed by atoms with Crippen molar-refractivity contribution in [1.29, 1.82) is 5.41 Å². The van der Waals surface area contributed by atoms with E-state index in [1.54, 1.807) is 6.92 Å². The molecule has 0 fully saturated rings. The topological polar surface area (TPSA) is 218 Å². The van der Waals surface area contributed by atoms with Crippen LogP contribution in [0.3, 0.4) is 0 Å². The van der Waals surface area contributed by atoms with Gasteiger partial charge < -0.3 is 27.0 Å². The van der Waals surface area contributed by atoms with Gasteiger partial charge in [0, 0.05) is 6.54 Å². The van der Waals surface area contributed by atoms with Crippen molar-refractivity contribution in [3.8, 4) is 0 Å². The van der Waals surface area contributed by atoms with Crippen molar-refractivity contribution >= 4 is 34.0 Å². The van der Waals surface area contributed by atoms with E-state index >= 15 is 0 Å². The van der Waals surface area contributed by atoms with Gasteiger partial charge in [0.15, 0.2) is 5.96 Å². The number of carbonyl (C=O) groups excluding carboxylic acids is 1. The Bertz CT molecular complexity index is 998. The Morgan fingerprint density at radius 2 is 1.73 bits per heavy atom. The number of hydrogen-bond acceptors (Lipinski definition) is 7. The fourth-order valence-electron chi connectivity index (χ4n) is 2.64. The number of hydrazine groups is 1. The van der Waals surface area contributed by atoms with Crippen LogP contribution in [0.15, 0.2) is 34.2 Å². The molecule has 0 aromatic heterocycles. The molecule has 33 heavy (non-hydrogen) atoms. The van der Waals surface area contributed by atoms with E-state index < -0.39 is 39.7 Å². The number of ether oxygens (including phenoxy) is 1. The number of sulfonamides is 1. The van der Waals surface area contributed by atoms with Gasteiger partial charge in [-0.3, -0.25) is 15.2 Å². The van der Waals surface area contributed by atoms with Gasteiger partial charge in [0.05, 0.1) is 4.90 Å². The summed E-state index contributed by atoms with van der Waals surface area (Å²) < 4.78 is 32.5. The van der Waals surface area contributed by atoms with Crippen LogP contribution >= 0.6 is 0 Å². The standard InChI is InChI=1S/C19H31N7O6S/c1-12-7-9-13(10-8-12)33(30,31)26(14(15(27)28)6-5-11-24-16(20)21)25(17(22)23)18(29)32-19(2,3)4/h7-10,14H,5-6,11H2,1-4H3,(H3,22,23)(H,27,28)(H4,20,21,24)/t14-/m1/s1. The van der Waals surface area contributed by atoms with Crippen molar-refractivity contribution in [3.63, 3.8) is 0 Å². The third kappa shape index (κ3) is 7.91. The van der Waals surface area contributed by atoms with Crippen molar-refractivity contribution in [2.75, 3.05) is 6.54 Å². The van der Waals surface area contributed by atoms with Crippen LogP contribution in [-0.2, 0) is 19.6 Å². The predicted molar refractivity (Wildman–Crippen MR) is 122 cm³/mol. The van der Waals surface area contributed by atoms with E-state index in [4.69, 9.17) is 27.3 Å². The fourth-order valence-corrected chi connectivity index (χ4v) is 4.24. The molecule has 0 saturated heterocycles. The van der Waals surface area contributed by atoms with E-state index in [1.807, 2.05) is 0 Å². The Morgan fingerprint density at radius 1 is 1.18 bits per heavy atom. The van der Waals surface area contributed by atoms with Crippen LogP contribution in [0.5, 0.6) is 0 Å². The molecule has 1 amide bonds. The molecule has 0 radical (unpaired) electrons. The van der Waals surface area contributed by atoms with Crippen molar-refractivity contribution in [3.05, 3.63) is 29.8 Å². The number of nitrogens with two attached hydrogens (primary N) is 3. The minimum absolute atomic E-state index is 0.0110. The van der Waals surface area contributed by atoms with E-state index in [2.05, 4.69) is 4.99 Å². The smallest absolute Gasteiger partial charge is 0.433 e. The van der Waals surface area contributed by atoms with Crippen molar-refractivity contribution in [2.24, 2.45) is 22.2 Å². The second-order valence-electron chi connectivity index (χ2n) is 8.07. The molecule has 0 unspecified atom stereocenters. The summed E-state index contributed by atoms with van der Waals surface area (Å²) in [4.78, 5) is 28.4. The molecule has 0 saturated carbocycles. The van der Waals surface area contributed by atoms with Gasteiger partial charge in [-0.05, 0) is 52.7 Å². The van der Waals surface area contributed by atoms with Gasteiger partial charge in [0.2, 0.25) is 5.96 Å². The van der Waals surface area contributed by atoms with E-state index in [-0.39, 0.29) is 39.7 Å². The predicted octanol–water partition coefficient (Wildman–Crippen LogP) is 0.538. The second kappa shape index (κ2) is 11.0. The highest BCUT2D eigenvalue weighted by Gasteiger charge is 2.45. The maximum Gasteiger partial charge on any atom is 0.433 e. The summed E-state index contributed by atoms with van der Waals surface area (Å²) in [6, 6.07) is 3.69. The molecule has 14 heteroatoms. The van der Waals surface area contributed by atoms with E-state index in [9.17, 15) is 23.1 Å². The summed E-state index contributed by atoms with van der Waals surface area (Å²) in [7, 11) is -4.69. The first-order valence-corrected chi connectivity index (χ1v) is 11.3. The summed E-state index contributed by atoms with van der Waals surface area (Å²) in [5, 5.41) is 17.9. The molecule has 13 nitrogen and oxygen atoms in total. The Morgan fingerprint density at radius 3 is 2.15 bits per heavy atom. The minimum atomic E-state index is -4.69. The van der Waals surface area contributed by atoms with Crippen LogP contribution in [0.2, 0.25) is 0 Å². The van der Waals surface area contributed by atoms with Gasteiger partial charge in [-0.25, -0.2) is 13.2 Å². The third-order valence-corrected chi connectivity index (χ3v) is 5.82. The summed E-state index contributed by atoms with van der Waals surface area (Å²) in [6.45, 7) is 6.31. The number of nitrogens with one attached hydrogen (secondary N) is 1. The molecule has 0 spiro atoms. The maximum absolute atomic E-state index is 13.5. The van der Waals surface area contributed by atoms with Crippen LogP contribution < -0.4 is 17.2 Å². The Hall–Kier alpha value is -3.39. The highest BCUT2D eigenvalue weighted by atomic mass is 32.2. The zero-order valence-electron chi connectivity index (χ0n) is 19.0. The van der Waals surface area contributed by atoms with Gasteiger partial charge in [-0.15, -0.1) is 0 Å². The number of nitrogens with zero attached hydrogens (tertiary/aromatic N) is 3. The van der Waals surface area contributed by atoms with Crippen LogP contribution in [0, 0.1) is 12.3 Å². The molecule has 0 aliphatic rings. The molecular formula is C19H31N7O6S. The number of benzene rings is 1. The molecule has 0 aliphatic carbocycles. The number of carbonyl (C=O) groups is 2. The minimum Gasteiger partial charge on any atom is -0.480 e. The van der Waals surface area contributed by atoms with Crippen LogP contribution in [0.25, 0.3) is 0 Å². The molecule has 8 N–H and O–H groups in total. The number of amides is 1. The van der Waals surface area contributed by atoms with Gasteiger partial charge in [-0.1, -0.05) is 22.1 Å². The van der Waals surface area contributed by atoms with Crippen molar-refractivity contribution in [1.82, 2.24) is 9.42 Å². The number of aryl methyl sites for hydroxylation is 1. The first kappa shape index (κ1) is 27.6. The molecule has 0 heterocycles. The zero-order chi connectivity index (χ0) is 25.6. The lowest BCUT2D eigenvalue weighted by Crippen LogP contribution is -2.61. The summed E-state index contributed by atoms with van der Waals surface area (Å²) in [5.41, 5.74) is 15.7. The summed E-state index contributed by atoms with van der Waals surface area (Å²) in [6.07, 6.45) is -1.58.